The first-order valence-electron chi connectivity index (χ1n) is 8.99. The Labute approximate surface area is 158 Å². The molecular weight excluding hydrogens is 342 g/mol. The maximum Gasteiger partial charge on any atom is 0.259 e. The van der Waals surface area contributed by atoms with Gasteiger partial charge in [-0.05, 0) is 42.2 Å². The number of amides is 1. The SMILES string of the molecule is CCC(C)c1ccc(NC(=O)c2ccccc2OCc2noc(C)n2)cc1. The summed E-state index contributed by atoms with van der Waals surface area (Å²) in [5.41, 5.74) is 2.45. The zero-order valence-electron chi connectivity index (χ0n) is 15.7. The van der Waals surface area contributed by atoms with Crippen LogP contribution in [0.25, 0.3) is 0 Å². The van der Waals surface area contributed by atoms with Crippen LogP contribution in [-0.4, -0.2) is 16.0 Å². The zero-order chi connectivity index (χ0) is 19.2. The van der Waals surface area contributed by atoms with Crippen LogP contribution < -0.4 is 10.1 Å². The second-order valence-electron chi connectivity index (χ2n) is 6.40. The van der Waals surface area contributed by atoms with Gasteiger partial charge in [-0.3, -0.25) is 4.79 Å². The van der Waals surface area contributed by atoms with Gasteiger partial charge in [-0.15, -0.1) is 0 Å². The van der Waals surface area contributed by atoms with Crippen molar-refractivity contribution in [3.05, 3.63) is 71.4 Å². The topological polar surface area (TPSA) is 77.2 Å². The van der Waals surface area contributed by atoms with E-state index in [1.165, 1.54) is 5.56 Å². The van der Waals surface area contributed by atoms with E-state index in [-0.39, 0.29) is 12.5 Å². The summed E-state index contributed by atoms with van der Waals surface area (Å²) in [4.78, 5) is 16.8. The van der Waals surface area contributed by atoms with E-state index >= 15 is 0 Å². The molecule has 0 bridgehead atoms. The monoisotopic (exact) mass is 365 g/mol. The van der Waals surface area contributed by atoms with Crippen LogP contribution in [0.1, 0.15) is 53.8 Å². The largest absolute Gasteiger partial charge is 0.485 e. The molecule has 1 aromatic heterocycles. The second kappa shape index (κ2) is 8.49. The fraction of sp³-hybridized carbons (Fsp3) is 0.286. The molecule has 0 radical (unpaired) electrons. The fourth-order valence-electron chi connectivity index (χ4n) is 2.65. The van der Waals surface area contributed by atoms with Gasteiger partial charge in [0.2, 0.25) is 11.7 Å². The third-order valence-corrected chi connectivity index (χ3v) is 4.41. The molecule has 1 amide bonds. The number of benzene rings is 2. The number of carbonyl (C=O) groups is 1. The summed E-state index contributed by atoms with van der Waals surface area (Å²) < 4.78 is 10.6. The van der Waals surface area contributed by atoms with Gasteiger partial charge in [-0.1, -0.05) is 43.3 Å². The van der Waals surface area contributed by atoms with E-state index in [0.717, 1.165) is 12.1 Å². The van der Waals surface area contributed by atoms with Gasteiger partial charge < -0.3 is 14.6 Å². The highest BCUT2D eigenvalue weighted by molar-refractivity contribution is 6.06. The van der Waals surface area contributed by atoms with Gasteiger partial charge in [0.1, 0.15) is 5.75 Å². The Morgan fingerprint density at radius 1 is 1.19 bits per heavy atom. The Balaban J connectivity index is 1.69. The van der Waals surface area contributed by atoms with E-state index in [1.54, 1.807) is 25.1 Å². The van der Waals surface area contributed by atoms with E-state index in [0.29, 0.717) is 28.9 Å². The molecule has 0 saturated heterocycles. The number of carbonyl (C=O) groups excluding carboxylic acids is 1. The van der Waals surface area contributed by atoms with Crippen molar-refractivity contribution < 1.29 is 14.1 Å². The Bertz CT molecular complexity index is 903. The predicted molar refractivity (Wildman–Crippen MR) is 103 cm³/mol. The summed E-state index contributed by atoms with van der Waals surface area (Å²) in [6.07, 6.45) is 1.08. The molecule has 27 heavy (non-hydrogen) atoms. The van der Waals surface area contributed by atoms with Crippen LogP contribution in [0, 0.1) is 6.92 Å². The number of ether oxygens (including phenoxy) is 1. The van der Waals surface area contributed by atoms with Gasteiger partial charge in [0.05, 0.1) is 5.56 Å². The minimum absolute atomic E-state index is 0.130. The molecule has 0 fully saturated rings. The fourth-order valence-corrected chi connectivity index (χ4v) is 2.65. The molecule has 2 aromatic carbocycles. The van der Waals surface area contributed by atoms with Crippen molar-refractivity contribution in [3.8, 4) is 5.75 Å². The van der Waals surface area contributed by atoms with Crippen LogP contribution in [0.5, 0.6) is 5.75 Å². The van der Waals surface area contributed by atoms with Crippen molar-refractivity contribution in [3.63, 3.8) is 0 Å². The average Bonchev–Trinajstić information content (AvgIpc) is 3.11. The standard InChI is InChI=1S/C21H23N3O3/c1-4-14(2)16-9-11-17(12-10-16)23-21(25)18-7-5-6-8-19(18)26-13-20-22-15(3)27-24-20/h5-12,14H,4,13H2,1-3H3,(H,23,25). The lowest BCUT2D eigenvalue weighted by Crippen LogP contribution is -2.14. The second-order valence-corrected chi connectivity index (χ2v) is 6.40. The molecule has 6 heteroatoms. The molecule has 140 valence electrons. The van der Waals surface area contributed by atoms with Crippen LogP contribution >= 0.6 is 0 Å². The van der Waals surface area contributed by atoms with E-state index in [2.05, 4.69) is 29.3 Å². The average molecular weight is 365 g/mol. The van der Waals surface area contributed by atoms with Gasteiger partial charge >= 0.3 is 0 Å². The molecule has 0 saturated carbocycles. The number of nitrogens with one attached hydrogen (secondary N) is 1. The molecule has 1 N–H and O–H groups in total. The van der Waals surface area contributed by atoms with Crippen LogP contribution in [0.4, 0.5) is 5.69 Å². The number of hydrogen-bond donors (Lipinski definition) is 1. The summed E-state index contributed by atoms with van der Waals surface area (Å²) in [5.74, 6) is 1.64. The lowest BCUT2D eigenvalue weighted by atomic mass is 9.98. The van der Waals surface area contributed by atoms with Crippen molar-refractivity contribution in [1.29, 1.82) is 0 Å². The van der Waals surface area contributed by atoms with Gasteiger partial charge in [-0.2, -0.15) is 4.98 Å². The van der Waals surface area contributed by atoms with Gasteiger partial charge in [0.15, 0.2) is 6.61 Å². The first-order chi connectivity index (χ1) is 13.1. The van der Waals surface area contributed by atoms with Crippen molar-refractivity contribution in [2.75, 3.05) is 5.32 Å². The number of aryl methyl sites for hydroxylation is 1. The highest BCUT2D eigenvalue weighted by Gasteiger charge is 2.14. The highest BCUT2D eigenvalue weighted by Crippen LogP contribution is 2.23. The number of rotatable bonds is 7. The predicted octanol–water partition coefficient (Wildman–Crippen LogP) is 4.72. The summed E-state index contributed by atoms with van der Waals surface area (Å²) in [5, 5.41) is 6.71. The Morgan fingerprint density at radius 2 is 1.93 bits per heavy atom. The number of aromatic nitrogens is 2. The van der Waals surface area contributed by atoms with Crippen molar-refractivity contribution in [2.24, 2.45) is 0 Å². The van der Waals surface area contributed by atoms with Crippen LogP contribution in [0.15, 0.2) is 53.1 Å². The summed E-state index contributed by atoms with van der Waals surface area (Å²) in [6, 6.07) is 15.0. The first-order valence-corrected chi connectivity index (χ1v) is 8.99. The third-order valence-electron chi connectivity index (χ3n) is 4.41. The molecule has 0 spiro atoms. The normalized spacial score (nSPS) is 11.8. The van der Waals surface area contributed by atoms with Crippen molar-refractivity contribution in [1.82, 2.24) is 10.1 Å². The van der Waals surface area contributed by atoms with Crippen LogP contribution in [0.3, 0.4) is 0 Å². The van der Waals surface area contributed by atoms with Crippen molar-refractivity contribution >= 4 is 11.6 Å². The molecule has 0 aliphatic heterocycles. The zero-order valence-corrected chi connectivity index (χ0v) is 15.7. The number of nitrogens with zero attached hydrogens (tertiary/aromatic N) is 2. The van der Waals surface area contributed by atoms with Gasteiger partial charge in [0.25, 0.3) is 5.91 Å². The lowest BCUT2D eigenvalue weighted by Gasteiger charge is -2.12. The molecule has 6 nitrogen and oxygen atoms in total. The summed E-state index contributed by atoms with van der Waals surface area (Å²) in [6.45, 7) is 6.19. The van der Waals surface area contributed by atoms with E-state index in [1.807, 2.05) is 30.3 Å². The number of para-hydroxylation sites is 1. The maximum atomic E-state index is 12.7. The van der Waals surface area contributed by atoms with Gasteiger partial charge in [-0.25, -0.2) is 0 Å². The summed E-state index contributed by atoms with van der Waals surface area (Å²) in [7, 11) is 0. The molecule has 1 atom stereocenters. The van der Waals surface area contributed by atoms with Crippen molar-refractivity contribution in [2.45, 2.75) is 39.7 Å². The maximum absolute atomic E-state index is 12.7. The Kier molecular flexibility index (Phi) is 5.86. The molecule has 1 unspecified atom stereocenters. The number of hydrogen-bond acceptors (Lipinski definition) is 5. The van der Waals surface area contributed by atoms with Crippen LogP contribution in [-0.2, 0) is 6.61 Å². The first kappa shape index (κ1) is 18.6. The van der Waals surface area contributed by atoms with Crippen LogP contribution in [0.2, 0.25) is 0 Å². The minimum Gasteiger partial charge on any atom is -0.485 e. The quantitative estimate of drug-likeness (QED) is 0.655. The third kappa shape index (κ3) is 4.73. The van der Waals surface area contributed by atoms with E-state index in [4.69, 9.17) is 9.26 Å². The smallest absolute Gasteiger partial charge is 0.259 e. The van der Waals surface area contributed by atoms with E-state index < -0.39 is 0 Å². The summed E-state index contributed by atoms with van der Waals surface area (Å²) >= 11 is 0. The molecule has 1 heterocycles. The van der Waals surface area contributed by atoms with E-state index in [9.17, 15) is 4.79 Å². The number of anilines is 1. The molecule has 3 rings (SSSR count). The molecule has 0 aliphatic carbocycles. The molecule has 3 aromatic rings. The van der Waals surface area contributed by atoms with Gasteiger partial charge in [0, 0.05) is 12.6 Å². The minimum atomic E-state index is -0.230. The highest BCUT2D eigenvalue weighted by atomic mass is 16.5. The molecule has 0 aliphatic rings. The Morgan fingerprint density at radius 3 is 2.59 bits per heavy atom. The Hall–Kier alpha value is -3.15. The lowest BCUT2D eigenvalue weighted by molar-refractivity contribution is 0.102. The molecular formula is C21H23N3O3.